The topological polar surface area (TPSA) is 123 Å². The maximum absolute atomic E-state index is 12.9. The van der Waals surface area contributed by atoms with Gasteiger partial charge in [0.1, 0.15) is 16.8 Å². The second-order valence-corrected chi connectivity index (χ2v) is 9.93. The summed E-state index contributed by atoms with van der Waals surface area (Å²) in [5, 5.41) is 2.56. The van der Waals surface area contributed by atoms with Crippen LogP contribution in [0.2, 0.25) is 0 Å². The van der Waals surface area contributed by atoms with Gasteiger partial charge in [0, 0.05) is 13.6 Å². The largest absolute Gasteiger partial charge is 0.444 e. The van der Waals surface area contributed by atoms with Crippen molar-refractivity contribution in [1.29, 1.82) is 0 Å². The lowest BCUT2D eigenvalue weighted by Gasteiger charge is -2.39. The van der Waals surface area contributed by atoms with Gasteiger partial charge in [0.15, 0.2) is 6.29 Å². The lowest BCUT2D eigenvalue weighted by molar-refractivity contribution is -0.0313. The molecule has 0 radical (unpaired) electrons. The van der Waals surface area contributed by atoms with Gasteiger partial charge in [-0.25, -0.2) is 14.4 Å². The van der Waals surface area contributed by atoms with E-state index in [1.807, 2.05) is 0 Å². The number of nitrogens with one attached hydrogen (secondary N) is 1. The van der Waals surface area contributed by atoms with E-state index in [2.05, 4.69) is 5.32 Å². The van der Waals surface area contributed by atoms with Crippen molar-refractivity contribution in [3.05, 3.63) is 0 Å². The van der Waals surface area contributed by atoms with Crippen LogP contribution in [0, 0.1) is 0 Å². The Morgan fingerprint density at radius 3 is 1.67 bits per heavy atom. The predicted molar refractivity (Wildman–Crippen MR) is 114 cm³/mol. The van der Waals surface area contributed by atoms with E-state index in [0.717, 1.165) is 4.90 Å². The fraction of sp³-hybridized carbons (Fsp3) is 0.850. The van der Waals surface area contributed by atoms with Crippen molar-refractivity contribution in [3.8, 4) is 0 Å². The van der Waals surface area contributed by atoms with Crippen LogP contribution in [-0.2, 0) is 14.2 Å². The van der Waals surface area contributed by atoms with E-state index < -0.39 is 41.4 Å². The first-order chi connectivity index (χ1) is 13.4. The van der Waals surface area contributed by atoms with Crippen LogP contribution in [0.3, 0.4) is 0 Å². The van der Waals surface area contributed by atoms with Crippen LogP contribution in [-0.4, -0.2) is 71.3 Å². The summed E-state index contributed by atoms with van der Waals surface area (Å²) in [5.74, 6) is 0. The highest BCUT2D eigenvalue weighted by Crippen LogP contribution is 2.17. The number of amides is 3. The number of alkyl carbamates (subject to hydrolysis) is 1. The summed E-state index contributed by atoms with van der Waals surface area (Å²) in [6.07, 6.45) is -3.04. The standard InChI is InChI=1S/C20H40N4O6/c1-18(2,3)28-15(25)22-14(23(10)16(26)29-19(4,5)6)24(13-11-12-21)17(27)30-20(7,8)9/h14H,11-13,21H2,1-10H3,(H,22,25). The Morgan fingerprint density at radius 2 is 1.27 bits per heavy atom. The molecule has 1 unspecified atom stereocenters. The van der Waals surface area contributed by atoms with Crippen LogP contribution in [0.5, 0.6) is 0 Å². The predicted octanol–water partition coefficient (Wildman–Crippen LogP) is 3.25. The van der Waals surface area contributed by atoms with E-state index in [9.17, 15) is 14.4 Å². The van der Waals surface area contributed by atoms with Crippen molar-refractivity contribution in [2.45, 2.75) is 91.8 Å². The molecule has 10 nitrogen and oxygen atoms in total. The van der Waals surface area contributed by atoms with Crippen molar-refractivity contribution in [1.82, 2.24) is 15.1 Å². The molecule has 0 saturated heterocycles. The molecule has 0 spiro atoms. The van der Waals surface area contributed by atoms with E-state index in [-0.39, 0.29) is 6.54 Å². The molecule has 10 heteroatoms. The molecule has 176 valence electrons. The molecule has 0 aromatic heterocycles. The van der Waals surface area contributed by atoms with Crippen molar-refractivity contribution in [2.24, 2.45) is 5.73 Å². The Balaban J connectivity index is 5.92. The van der Waals surface area contributed by atoms with Gasteiger partial charge in [-0.2, -0.15) is 0 Å². The molecule has 1 atom stereocenters. The monoisotopic (exact) mass is 432 g/mol. The highest BCUT2D eigenvalue weighted by atomic mass is 16.6. The molecular weight excluding hydrogens is 392 g/mol. The second-order valence-electron chi connectivity index (χ2n) is 9.93. The Kier molecular flexibility index (Phi) is 9.90. The molecule has 0 bridgehead atoms. The minimum Gasteiger partial charge on any atom is -0.444 e. The van der Waals surface area contributed by atoms with E-state index in [1.54, 1.807) is 62.3 Å². The van der Waals surface area contributed by atoms with Crippen molar-refractivity contribution >= 4 is 18.3 Å². The zero-order valence-corrected chi connectivity index (χ0v) is 20.1. The van der Waals surface area contributed by atoms with Crippen molar-refractivity contribution < 1.29 is 28.6 Å². The molecule has 0 fully saturated rings. The Morgan fingerprint density at radius 1 is 0.833 bits per heavy atom. The minimum absolute atomic E-state index is 0.138. The maximum atomic E-state index is 12.9. The lowest BCUT2D eigenvalue weighted by Crippen LogP contribution is -2.62. The summed E-state index contributed by atoms with van der Waals surface area (Å²) in [5.41, 5.74) is 3.29. The molecule has 0 aliphatic rings. The summed E-state index contributed by atoms with van der Waals surface area (Å²) in [6.45, 7) is 15.9. The highest BCUT2D eigenvalue weighted by molar-refractivity contribution is 5.74. The number of hydrogen-bond donors (Lipinski definition) is 2. The quantitative estimate of drug-likeness (QED) is 0.488. The number of nitrogens with zero attached hydrogens (tertiary/aromatic N) is 2. The van der Waals surface area contributed by atoms with Crippen LogP contribution >= 0.6 is 0 Å². The van der Waals surface area contributed by atoms with E-state index in [1.165, 1.54) is 11.9 Å². The Bertz CT molecular complexity index is 590. The van der Waals surface area contributed by atoms with Crippen molar-refractivity contribution in [2.75, 3.05) is 20.1 Å². The molecule has 0 aromatic rings. The molecule has 0 aliphatic carbocycles. The van der Waals surface area contributed by atoms with Crippen LogP contribution in [0.25, 0.3) is 0 Å². The van der Waals surface area contributed by atoms with Crippen LogP contribution in [0.1, 0.15) is 68.7 Å². The fourth-order valence-corrected chi connectivity index (χ4v) is 2.13. The highest BCUT2D eigenvalue weighted by Gasteiger charge is 2.36. The first-order valence-electron chi connectivity index (χ1n) is 10.0. The smallest absolute Gasteiger partial charge is 0.413 e. The third kappa shape index (κ3) is 11.7. The van der Waals surface area contributed by atoms with Crippen LogP contribution < -0.4 is 11.1 Å². The zero-order valence-electron chi connectivity index (χ0n) is 20.1. The third-order valence-corrected chi connectivity index (χ3v) is 3.22. The summed E-state index contributed by atoms with van der Waals surface area (Å²) in [4.78, 5) is 40.3. The van der Waals surface area contributed by atoms with Gasteiger partial charge >= 0.3 is 18.3 Å². The maximum Gasteiger partial charge on any atom is 0.413 e. The molecule has 3 amide bonds. The average Bonchev–Trinajstić information content (AvgIpc) is 2.48. The molecule has 3 N–H and O–H groups in total. The third-order valence-electron chi connectivity index (χ3n) is 3.22. The molecule has 30 heavy (non-hydrogen) atoms. The van der Waals surface area contributed by atoms with Gasteiger partial charge in [-0.1, -0.05) is 0 Å². The van der Waals surface area contributed by atoms with Gasteiger partial charge < -0.3 is 19.9 Å². The van der Waals surface area contributed by atoms with E-state index in [4.69, 9.17) is 19.9 Å². The minimum atomic E-state index is -1.21. The molecule has 0 rings (SSSR count). The van der Waals surface area contributed by atoms with Crippen LogP contribution in [0.15, 0.2) is 0 Å². The Hall–Kier alpha value is -2.23. The van der Waals surface area contributed by atoms with Gasteiger partial charge in [-0.05, 0) is 75.3 Å². The molecule has 0 aromatic carbocycles. The number of ether oxygens (including phenoxy) is 3. The summed E-state index contributed by atoms with van der Waals surface area (Å²) in [7, 11) is 1.41. The van der Waals surface area contributed by atoms with Crippen LogP contribution in [0.4, 0.5) is 14.4 Å². The van der Waals surface area contributed by atoms with Crippen molar-refractivity contribution in [3.63, 3.8) is 0 Å². The fourth-order valence-electron chi connectivity index (χ4n) is 2.13. The van der Waals surface area contributed by atoms with Gasteiger partial charge in [0.25, 0.3) is 0 Å². The SMILES string of the molecule is CN(C(=O)OC(C)(C)C)C(NC(=O)OC(C)(C)C)N(CCCN)C(=O)OC(C)(C)C. The normalized spacial score (nSPS) is 13.2. The summed E-state index contributed by atoms with van der Waals surface area (Å²) >= 11 is 0. The first-order valence-corrected chi connectivity index (χ1v) is 10.0. The van der Waals surface area contributed by atoms with E-state index in [0.29, 0.717) is 13.0 Å². The molecular formula is C20H40N4O6. The number of hydrogen-bond acceptors (Lipinski definition) is 7. The molecule has 0 saturated carbocycles. The average molecular weight is 433 g/mol. The number of carbonyl (C=O) groups is 3. The number of carbonyl (C=O) groups excluding carboxylic acids is 3. The van der Waals surface area contributed by atoms with Gasteiger partial charge in [-0.3, -0.25) is 15.1 Å². The zero-order chi connectivity index (χ0) is 23.9. The van der Waals surface area contributed by atoms with Gasteiger partial charge in [0.2, 0.25) is 0 Å². The molecule has 0 aliphatic heterocycles. The Labute approximate surface area is 180 Å². The molecule has 0 heterocycles. The number of rotatable bonds is 6. The second kappa shape index (κ2) is 10.7. The van der Waals surface area contributed by atoms with E-state index >= 15 is 0 Å². The summed E-state index contributed by atoms with van der Waals surface area (Å²) in [6, 6.07) is 0. The van der Waals surface area contributed by atoms with Gasteiger partial charge in [0.05, 0.1) is 0 Å². The van der Waals surface area contributed by atoms with Gasteiger partial charge in [-0.15, -0.1) is 0 Å². The summed E-state index contributed by atoms with van der Waals surface area (Å²) < 4.78 is 16.2. The first kappa shape index (κ1) is 27.8. The lowest BCUT2D eigenvalue weighted by atomic mass is 10.2. The number of nitrogens with two attached hydrogens (primary N) is 1.